The molecule has 1 aliphatic heterocycles. The van der Waals surface area contributed by atoms with Crippen molar-refractivity contribution in [2.45, 2.75) is 0 Å². The lowest BCUT2D eigenvalue weighted by atomic mass is 10.2. The summed E-state index contributed by atoms with van der Waals surface area (Å²) in [6.07, 6.45) is 0. The van der Waals surface area contributed by atoms with E-state index in [2.05, 4.69) is 39.5 Å². The number of para-hydroxylation sites is 1. The lowest BCUT2D eigenvalue weighted by Crippen LogP contribution is -2.40. The van der Waals surface area contributed by atoms with Crippen LogP contribution in [0.2, 0.25) is 0 Å². The van der Waals surface area contributed by atoms with Gasteiger partial charge in [0.05, 0.1) is 5.52 Å². The molecule has 0 aliphatic carbocycles. The number of rotatable bonds is 1. The Balaban J connectivity index is 1.97. The van der Waals surface area contributed by atoms with Crippen LogP contribution in [0.15, 0.2) is 36.4 Å². The van der Waals surface area contributed by atoms with Crippen molar-refractivity contribution < 1.29 is 0 Å². The third-order valence-corrected chi connectivity index (χ3v) is 2.96. The van der Waals surface area contributed by atoms with Crippen LogP contribution in [-0.4, -0.2) is 31.2 Å². The van der Waals surface area contributed by atoms with Gasteiger partial charge in [-0.05, 0) is 18.2 Å². The minimum atomic E-state index is 0.925. The van der Waals surface area contributed by atoms with Gasteiger partial charge in [-0.25, -0.2) is 10.3 Å². The van der Waals surface area contributed by atoms with Gasteiger partial charge < -0.3 is 4.90 Å². The number of aromatic nitrogens is 1. The fraction of sp³-hybridized carbons (Fsp3) is 0.308. The standard InChI is InChI=1S/C13H14N3/c1-2-4-12-11(3-1)5-6-13(15-12)16-9-7-14-8-10-16/h1-6H,7-10H2. The van der Waals surface area contributed by atoms with Gasteiger partial charge in [-0.2, -0.15) is 0 Å². The van der Waals surface area contributed by atoms with Gasteiger partial charge in [-0.1, -0.05) is 18.2 Å². The van der Waals surface area contributed by atoms with Gasteiger partial charge >= 0.3 is 0 Å². The van der Waals surface area contributed by atoms with Gasteiger partial charge in [0, 0.05) is 31.6 Å². The van der Waals surface area contributed by atoms with Crippen molar-refractivity contribution in [1.82, 2.24) is 10.3 Å². The van der Waals surface area contributed by atoms with Gasteiger partial charge in [0.25, 0.3) is 0 Å². The van der Waals surface area contributed by atoms with E-state index >= 15 is 0 Å². The van der Waals surface area contributed by atoms with Gasteiger partial charge in [0.15, 0.2) is 0 Å². The number of nitrogens with zero attached hydrogens (tertiary/aromatic N) is 3. The Bertz CT molecular complexity index is 489. The van der Waals surface area contributed by atoms with Crippen molar-refractivity contribution in [3.63, 3.8) is 0 Å². The van der Waals surface area contributed by atoms with Crippen molar-refractivity contribution in [1.29, 1.82) is 0 Å². The molecular formula is C13H14N3. The molecule has 1 fully saturated rings. The molecule has 1 saturated heterocycles. The first-order valence-corrected chi connectivity index (χ1v) is 5.67. The van der Waals surface area contributed by atoms with Gasteiger partial charge in [0.1, 0.15) is 5.82 Å². The van der Waals surface area contributed by atoms with Crippen LogP contribution in [0, 0.1) is 0 Å². The summed E-state index contributed by atoms with van der Waals surface area (Å²) in [5.41, 5.74) is 1.07. The summed E-state index contributed by atoms with van der Waals surface area (Å²) in [5, 5.41) is 5.55. The molecule has 3 heteroatoms. The molecule has 0 atom stereocenters. The minimum Gasteiger partial charge on any atom is -0.354 e. The Morgan fingerprint density at radius 2 is 1.75 bits per heavy atom. The average Bonchev–Trinajstić information content (AvgIpc) is 2.39. The number of pyridine rings is 1. The van der Waals surface area contributed by atoms with E-state index in [0.717, 1.165) is 37.5 Å². The Kier molecular flexibility index (Phi) is 2.46. The second kappa shape index (κ2) is 4.10. The Labute approximate surface area is 95.1 Å². The monoisotopic (exact) mass is 212 g/mol. The number of hydrogen-bond donors (Lipinski definition) is 0. The van der Waals surface area contributed by atoms with Crippen molar-refractivity contribution in [2.75, 3.05) is 31.1 Å². The molecular weight excluding hydrogens is 198 g/mol. The summed E-state index contributed by atoms with van der Waals surface area (Å²) in [4.78, 5) is 6.99. The molecule has 16 heavy (non-hydrogen) atoms. The second-order valence-electron chi connectivity index (χ2n) is 4.02. The summed E-state index contributed by atoms with van der Waals surface area (Å²) in [6.45, 7) is 3.83. The molecule has 0 saturated carbocycles. The number of anilines is 1. The van der Waals surface area contributed by atoms with E-state index in [9.17, 15) is 0 Å². The van der Waals surface area contributed by atoms with Crippen LogP contribution < -0.4 is 10.2 Å². The van der Waals surface area contributed by atoms with E-state index < -0.39 is 0 Å². The number of fused-ring (bicyclic) bond motifs is 1. The Morgan fingerprint density at radius 1 is 0.938 bits per heavy atom. The van der Waals surface area contributed by atoms with E-state index in [1.54, 1.807) is 0 Å². The highest BCUT2D eigenvalue weighted by Crippen LogP contribution is 2.18. The average molecular weight is 212 g/mol. The van der Waals surface area contributed by atoms with Crippen LogP contribution >= 0.6 is 0 Å². The molecule has 2 heterocycles. The number of hydrogen-bond acceptors (Lipinski definition) is 2. The third kappa shape index (κ3) is 1.74. The lowest BCUT2D eigenvalue weighted by Gasteiger charge is -2.27. The fourth-order valence-electron chi connectivity index (χ4n) is 2.07. The fourth-order valence-corrected chi connectivity index (χ4v) is 2.07. The summed E-state index contributed by atoms with van der Waals surface area (Å²) < 4.78 is 0. The van der Waals surface area contributed by atoms with E-state index in [0.29, 0.717) is 0 Å². The van der Waals surface area contributed by atoms with Crippen LogP contribution in [-0.2, 0) is 0 Å². The predicted molar refractivity (Wildman–Crippen MR) is 65.8 cm³/mol. The molecule has 0 unspecified atom stereocenters. The van der Waals surface area contributed by atoms with Crippen LogP contribution in [0.1, 0.15) is 0 Å². The molecule has 2 aromatic rings. The quantitative estimate of drug-likeness (QED) is 0.719. The molecule has 1 radical (unpaired) electrons. The molecule has 0 spiro atoms. The molecule has 0 N–H and O–H groups in total. The predicted octanol–water partition coefficient (Wildman–Crippen LogP) is 1.66. The second-order valence-corrected chi connectivity index (χ2v) is 4.02. The molecule has 0 bridgehead atoms. The highest BCUT2D eigenvalue weighted by atomic mass is 15.2. The largest absolute Gasteiger partial charge is 0.354 e. The molecule has 3 rings (SSSR count). The Hall–Kier alpha value is -1.61. The van der Waals surface area contributed by atoms with Crippen LogP contribution in [0.25, 0.3) is 10.9 Å². The molecule has 3 nitrogen and oxygen atoms in total. The lowest BCUT2D eigenvalue weighted by molar-refractivity contribution is 0.575. The van der Waals surface area contributed by atoms with E-state index in [1.807, 2.05) is 12.1 Å². The minimum absolute atomic E-state index is 0.925. The first kappa shape index (κ1) is 9.60. The highest BCUT2D eigenvalue weighted by molar-refractivity contribution is 5.80. The van der Waals surface area contributed by atoms with Crippen molar-refractivity contribution in [3.05, 3.63) is 36.4 Å². The smallest absolute Gasteiger partial charge is 0.129 e. The zero-order chi connectivity index (χ0) is 10.8. The first-order valence-electron chi connectivity index (χ1n) is 5.67. The SMILES string of the molecule is c1ccc2nc(N3CC[N]CC3)ccc2c1. The summed E-state index contributed by atoms with van der Waals surface area (Å²) in [7, 11) is 0. The molecule has 81 valence electrons. The van der Waals surface area contributed by atoms with Gasteiger partial charge in [0.2, 0.25) is 0 Å². The normalized spacial score (nSPS) is 16.6. The Morgan fingerprint density at radius 3 is 2.62 bits per heavy atom. The van der Waals surface area contributed by atoms with Crippen LogP contribution in [0.3, 0.4) is 0 Å². The zero-order valence-electron chi connectivity index (χ0n) is 9.13. The maximum Gasteiger partial charge on any atom is 0.129 e. The number of benzene rings is 1. The summed E-state index contributed by atoms with van der Waals surface area (Å²) in [5.74, 6) is 1.08. The maximum atomic E-state index is 4.68. The van der Waals surface area contributed by atoms with Crippen molar-refractivity contribution in [2.24, 2.45) is 0 Å². The topological polar surface area (TPSA) is 30.2 Å². The van der Waals surface area contributed by atoms with Gasteiger partial charge in [-0.3, -0.25) is 0 Å². The first-order chi connectivity index (χ1) is 7.93. The summed E-state index contributed by atoms with van der Waals surface area (Å²) in [6, 6.07) is 12.5. The van der Waals surface area contributed by atoms with E-state index in [4.69, 9.17) is 0 Å². The van der Waals surface area contributed by atoms with Crippen molar-refractivity contribution >= 4 is 16.7 Å². The zero-order valence-corrected chi connectivity index (χ0v) is 9.13. The third-order valence-electron chi connectivity index (χ3n) is 2.96. The highest BCUT2D eigenvalue weighted by Gasteiger charge is 2.12. The van der Waals surface area contributed by atoms with Crippen molar-refractivity contribution in [3.8, 4) is 0 Å². The number of piperazine rings is 1. The molecule has 1 aliphatic rings. The van der Waals surface area contributed by atoms with E-state index in [1.165, 1.54) is 5.39 Å². The maximum absolute atomic E-state index is 4.68. The van der Waals surface area contributed by atoms with Crippen LogP contribution in [0.5, 0.6) is 0 Å². The molecule has 1 aromatic carbocycles. The van der Waals surface area contributed by atoms with Gasteiger partial charge in [-0.15, -0.1) is 0 Å². The summed E-state index contributed by atoms with van der Waals surface area (Å²) >= 11 is 0. The van der Waals surface area contributed by atoms with E-state index in [-0.39, 0.29) is 0 Å². The van der Waals surface area contributed by atoms with Crippen LogP contribution in [0.4, 0.5) is 5.82 Å². The molecule has 1 aromatic heterocycles. The molecule has 0 amide bonds.